The molecular weight excluding hydrogens is 279 g/mol. The fourth-order valence-corrected chi connectivity index (χ4v) is 1.78. The van der Waals surface area contributed by atoms with E-state index in [0.29, 0.717) is 6.42 Å². The van der Waals surface area contributed by atoms with Crippen LogP contribution in [0.3, 0.4) is 0 Å². The Kier molecular flexibility index (Phi) is 5.23. The van der Waals surface area contributed by atoms with Gasteiger partial charge in [0.2, 0.25) is 5.91 Å². The molecule has 1 aromatic rings. The first kappa shape index (κ1) is 15.8. The van der Waals surface area contributed by atoms with Crippen molar-refractivity contribution in [2.75, 3.05) is 5.32 Å². The molecule has 0 aliphatic rings. The Balaban J connectivity index is 2.92. The second-order valence-electron chi connectivity index (χ2n) is 4.37. The zero-order valence-electron chi connectivity index (χ0n) is 10.6. The molecule has 0 radical (unpaired) electrons. The fourth-order valence-electron chi connectivity index (χ4n) is 1.62. The third-order valence-corrected chi connectivity index (χ3v) is 3.05. The third kappa shape index (κ3) is 4.42. The molecule has 0 aliphatic heterocycles. The van der Waals surface area contributed by atoms with Gasteiger partial charge in [0.15, 0.2) is 0 Å². The molecule has 0 aliphatic carbocycles. The maximum absolute atomic E-state index is 12.6. The molecule has 0 bridgehead atoms. The largest absolute Gasteiger partial charge is 0.416 e. The van der Waals surface area contributed by atoms with Crippen molar-refractivity contribution >= 4 is 23.2 Å². The molecule has 19 heavy (non-hydrogen) atoms. The van der Waals surface area contributed by atoms with E-state index in [1.54, 1.807) is 6.92 Å². The highest BCUT2D eigenvalue weighted by Gasteiger charge is 2.31. The van der Waals surface area contributed by atoms with Gasteiger partial charge in [0.25, 0.3) is 0 Å². The third-order valence-electron chi connectivity index (χ3n) is 2.72. The Bertz CT molecular complexity index is 460. The highest BCUT2D eigenvalue weighted by Crippen LogP contribution is 2.34. The van der Waals surface area contributed by atoms with E-state index in [4.69, 9.17) is 11.6 Å². The van der Waals surface area contributed by atoms with E-state index in [-0.39, 0.29) is 22.5 Å². The standard InChI is InChI=1S/C13H15ClF3NO/c1-3-4-8(2)12(19)18-11-7-9(13(15,16)17)5-6-10(11)14/h5-8H,3-4H2,1-2H3,(H,18,19). The molecule has 1 unspecified atom stereocenters. The van der Waals surface area contributed by atoms with Crippen molar-refractivity contribution in [3.05, 3.63) is 28.8 Å². The smallest absolute Gasteiger partial charge is 0.325 e. The number of anilines is 1. The van der Waals surface area contributed by atoms with Gasteiger partial charge in [0.1, 0.15) is 0 Å². The molecule has 0 saturated heterocycles. The van der Waals surface area contributed by atoms with Crippen LogP contribution in [-0.4, -0.2) is 5.91 Å². The van der Waals surface area contributed by atoms with Gasteiger partial charge in [-0.25, -0.2) is 0 Å². The molecule has 1 aromatic carbocycles. The van der Waals surface area contributed by atoms with Gasteiger partial charge in [-0.3, -0.25) is 4.79 Å². The van der Waals surface area contributed by atoms with Gasteiger partial charge in [-0.05, 0) is 24.6 Å². The SMILES string of the molecule is CCCC(C)C(=O)Nc1cc(C(F)(F)F)ccc1Cl. The van der Waals surface area contributed by atoms with E-state index >= 15 is 0 Å². The van der Waals surface area contributed by atoms with Crippen molar-refractivity contribution in [3.8, 4) is 0 Å². The van der Waals surface area contributed by atoms with Crippen LogP contribution in [0.15, 0.2) is 18.2 Å². The summed E-state index contributed by atoms with van der Waals surface area (Å²) in [4.78, 5) is 11.8. The van der Waals surface area contributed by atoms with Gasteiger partial charge >= 0.3 is 6.18 Å². The maximum Gasteiger partial charge on any atom is 0.416 e. The second kappa shape index (κ2) is 6.28. The normalized spacial score (nSPS) is 13.2. The molecule has 106 valence electrons. The van der Waals surface area contributed by atoms with Crippen molar-refractivity contribution in [1.29, 1.82) is 0 Å². The summed E-state index contributed by atoms with van der Waals surface area (Å²) in [5.74, 6) is -0.598. The zero-order valence-corrected chi connectivity index (χ0v) is 11.4. The van der Waals surface area contributed by atoms with Gasteiger partial charge in [-0.1, -0.05) is 31.9 Å². The molecule has 2 nitrogen and oxygen atoms in total. The lowest BCUT2D eigenvalue weighted by molar-refractivity contribution is -0.137. The van der Waals surface area contributed by atoms with E-state index in [1.165, 1.54) is 0 Å². The molecule has 1 amide bonds. The van der Waals surface area contributed by atoms with Crippen LogP contribution in [-0.2, 0) is 11.0 Å². The summed E-state index contributed by atoms with van der Waals surface area (Å²) >= 11 is 5.79. The summed E-state index contributed by atoms with van der Waals surface area (Å²) in [5.41, 5.74) is -0.847. The number of hydrogen-bond donors (Lipinski definition) is 1. The van der Waals surface area contributed by atoms with E-state index in [0.717, 1.165) is 24.6 Å². The van der Waals surface area contributed by atoms with Crippen molar-refractivity contribution in [3.63, 3.8) is 0 Å². The average molecular weight is 294 g/mol. The van der Waals surface area contributed by atoms with E-state index in [2.05, 4.69) is 5.32 Å². The molecule has 1 atom stereocenters. The lowest BCUT2D eigenvalue weighted by Gasteiger charge is -2.14. The van der Waals surface area contributed by atoms with Gasteiger partial charge in [0.05, 0.1) is 16.3 Å². The van der Waals surface area contributed by atoms with Crippen LogP contribution in [0.5, 0.6) is 0 Å². The molecule has 6 heteroatoms. The van der Waals surface area contributed by atoms with Crippen molar-refractivity contribution in [2.45, 2.75) is 32.9 Å². The minimum Gasteiger partial charge on any atom is -0.325 e. The number of halogens is 4. The first-order valence-electron chi connectivity index (χ1n) is 5.93. The summed E-state index contributed by atoms with van der Waals surface area (Å²) in [5, 5.41) is 2.52. The van der Waals surface area contributed by atoms with Crippen LogP contribution in [0.4, 0.5) is 18.9 Å². The predicted molar refractivity (Wildman–Crippen MR) is 69.2 cm³/mol. The molecule has 0 saturated carbocycles. The number of nitrogens with one attached hydrogen (secondary N) is 1. The molecular formula is C13H15ClF3NO. The lowest BCUT2D eigenvalue weighted by Crippen LogP contribution is -2.20. The Morgan fingerprint density at radius 2 is 2.05 bits per heavy atom. The number of benzene rings is 1. The number of carbonyl (C=O) groups excluding carboxylic acids is 1. The van der Waals surface area contributed by atoms with Crippen molar-refractivity contribution in [2.24, 2.45) is 5.92 Å². The molecule has 0 aromatic heterocycles. The Morgan fingerprint density at radius 3 is 2.58 bits per heavy atom. The van der Waals surface area contributed by atoms with E-state index < -0.39 is 11.7 Å². The predicted octanol–water partition coefficient (Wildman–Crippen LogP) is 4.73. The van der Waals surface area contributed by atoms with Crippen LogP contribution in [0.25, 0.3) is 0 Å². The van der Waals surface area contributed by atoms with E-state index in [1.807, 2.05) is 6.92 Å². The maximum atomic E-state index is 12.6. The van der Waals surface area contributed by atoms with Crippen LogP contribution in [0, 0.1) is 5.92 Å². The summed E-state index contributed by atoms with van der Waals surface area (Å²) in [6.45, 7) is 3.65. The van der Waals surface area contributed by atoms with E-state index in [9.17, 15) is 18.0 Å². The number of carbonyl (C=O) groups is 1. The Labute approximate surface area is 114 Å². The Hall–Kier alpha value is -1.23. The lowest BCUT2D eigenvalue weighted by atomic mass is 10.1. The minimum absolute atomic E-state index is 0.00977. The topological polar surface area (TPSA) is 29.1 Å². The molecule has 0 spiro atoms. The molecule has 0 fully saturated rings. The second-order valence-corrected chi connectivity index (χ2v) is 4.78. The summed E-state index contributed by atoms with van der Waals surface area (Å²) in [6.07, 6.45) is -2.97. The first-order chi connectivity index (χ1) is 8.75. The highest BCUT2D eigenvalue weighted by molar-refractivity contribution is 6.33. The van der Waals surface area contributed by atoms with Crippen molar-refractivity contribution < 1.29 is 18.0 Å². The molecule has 1 rings (SSSR count). The van der Waals surface area contributed by atoms with Crippen LogP contribution >= 0.6 is 11.6 Å². The summed E-state index contributed by atoms with van der Waals surface area (Å²) in [7, 11) is 0. The summed E-state index contributed by atoms with van der Waals surface area (Å²) < 4.78 is 37.7. The van der Waals surface area contributed by atoms with Crippen LogP contribution in [0.1, 0.15) is 32.3 Å². The first-order valence-corrected chi connectivity index (χ1v) is 6.31. The van der Waals surface area contributed by atoms with Crippen LogP contribution < -0.4 is 5.32 Å². The van der Waals surface area contributed by atoms with Gasteiger partial charge < -0.3 is 5.32 Å². The van der Waals surface area contributed by atoms with Gasteiger partial charge in [0, 0.05) is 5.92 Å². The fraction of sp³-hybridized carbons (Fsp3) is 0.462. The van der Waals surface area contributed by atoms with Gasteiger partial charge in [-0.2, -0.15) is 13.2 Å². The minimum atomic E-state index is -4.46. The number of rotatable bonds is 4. The van der Waals surface area contributed by atoms with Gasteiger partial charge in [-0.15, -0.1) is 0 Å². The zero-order chi connectivity index (χ0) is 14.6. The summed E-state index contributed by atoms with van der Waals surface area (Å²) in [6, 6.07) is 2.86. The number of alkyl halides is 3. The quantitative estimate of drug-likeness (QED) is 0.854. The Morgan fingerprint density at radius 1 is 1.42 bits per heavy atom. The average Bonchev–Trinajstić information content (AvgIpc) is 2.30. The number of amides is 1. The van der Waals surface area contributed by atoms with Crippen molar-refractivity contribution in [1.82, 2.24) is 0 Å². The van der Waals surface area contributed by atoms with Crippen LogP contribution in [0.2, 0.25) is 5.02 Å². The monoisotopic (exact) mass is 293 g/mol. The highest BCUT2D eigenvalue weighted by atomic mass is 35.5. The molecule has 1 N–H and O–H groups in total. The number of hydrogen-bond acceptors (Lipinski definition) is 1. The molecule has 0 heterocycles.